The van der Waals surface area contributed by atoms with E-state index in [0.717, 1.165) is 38.2 Å². The van der Waals surface area contributed by atoms with E-state index in [1.54, 1.807) is 0 Å². The SMILES string of the molecule is NC(=O)COCCOCCCCCCCl. The van der Waals surface area contributed by atoms with E-state index >= 15 is 0 Å². The summed E-state index contributed by atoms with van der Waals surface area (Å²) in [5, 5.41) is 0. The Bertz CT molecular complexity index is 156. The fraction of sp³-hybridized carbons (Fsp3) is 0.900. The molecule has 0 aliphatic heterocycles. The minimum Gasteiger partial charge on any atom is -0.379 e. The fourth-order valence-corrected chi connectivity index (χ4v) is 1.23. The van der Waals surface area contributed by atoms with Crippen molar-refractivity contribution in [3.05, 3.63) is 0 Å². The third-order valence-corrected chi connectivity index (χ3v) is 2.06. The number of nitrogens with two attached hydrogens (primary N) is 1. The van der Waals surface area contributed by atoms with Crippen LogP contribution < -0.4 is 5.73 Å². The molecule has 90 valence electrons. The lowest BCUT2D eigenvalue weighted by molar-refractivity contribution is -0.123. The first-order valence-corrected chi connectivity index (χ1v) is 5.80. The molecule has 0 unspecified atom stereocenters. The number of hydrogen-bond donors (Lipinski definition) is 1. The summed E-state index contributed by atoms with van der Waals surface area (Å²) in [5.41, 5.74) is 4.89. The molecule has 0 bridgehead atoms. The van der Waals surface area contributed by atoms with Crippen LogP contribution in [0, 0.1) is 0 Å². The molecule has 0 rings (SSSR count). The summed E-state index contributed by atoms with van der Waals surface area (Å²) < 4.78 is 10.2. The smallest absolute Gasteiger partial charge is 0.243 e. The standard InChI is InChI=1S/C10H20ClNO3/c11-5-3-1-2-4-6-14-7-8-15-9-10(12)13/h1-9H2,(H2,12,13). The van der Waals surface area contributed by atoms with Crippen LogP contribution in [0.1, 0.15) is 25.7 Å². The van der Waals surface area contributed by atoms with Gasteiger partial charge in [-0.25, -0.2) is 0 Å². The van der Waals surface area contributed by atoms with Crippen LogP contribution in [0.5, 0.6) is 0 Å². The van der Waals surface area contributed by atoms with Crippen molar-refractivity contribution in [1.29, 1.82) is 0 Å². The van der Waals surface area contributed by atoms with E-state index < -0.39 is 5.91 Å². The van der Waals surface area contributed by atoms with Gasteiger partial charge in [0.2, 0.25) is 5.91 Å². The molecule has 4 nitrogen and oxygen atoms in total. The maximum Gasteiger partial charge on any atom is 0.243 e. The Kier molecular flexibility index (Phi) is 11.5. The fourth-order valence-electron chi connectivity index (χ4n) is 1.04. The highest BCUT2D eigenvalue weighted by Crippen LogP contribution is 2.00. The molecule has 0 saturated heterocycles. The molecular formula is C10H20ClNO3. The summed E-state index contributed by atoms with van der Waals surface area (Å²) in [6.45, 7) is 1.65. The van der Waals surface area contributed by atoms with Crippen LogP contribution in [0.4, 0.5) is 0 Å². The summed E-state index contributed by atoms with van der Waals surface area (Å²) in [4.78, 5) is 10.3. The lowest BCUT2D eigenvalue weighted by Gasteiger charge is -2.04. The first-order chi connectivity index (χ1) is 7.27. The third kappa shape index (κ3) is 13.7. The van der Waals surface area contributed by atoms with Gasteiger partial charge in [-0.1, -0.05) is 12.8 Å². The highest BCUT2D eigenvalue weighted by Gasteiger charge is 1.94. The Balaban J connectivity index is 2.89. The maximum atomic E-state index is 10.3. The van der Waals surface area contributed by atoms with Gasteiger partial charge < -0.3 is 15.2 Å². The van der Waals surface area contributed by atoms with E-state index in [-0.39, 0.29) is 6.61 Å². The van der Waals surface area contributed by atoms with Gasteiger partial charge in [-0.2, -0.15) is 0 Å². The van der Waals surface area contributed by atoms with Gasteiger partial charge >= 0.3 is 0 Å². The number of carbonyl (C=O) groups excluding carboxylic acids is 1. The second-order valence-electron chi connectivity index (χ2n) is 3.23. The van der Waals surface area contributed by atoms with Gasteiger partial charge in [0.25, 0.3) is 0 Å². The van der Waals surface area contributed by atoms with Gasteiger partial charge in [0, 0.05) is 12.5 Å². The van der Waals surface area contributed by atoms with E-state index in [4.69, 9.17) is 26.8 Å². The number of rotatable bonds is 11. The van der Waals surface area contributed by atoms with Crippen molar-refractivity contribution in [1.82, 2.24) is 0 Å². The van der Waals surface area contributed by atoms with E-state index in [1.807, 2.05) is 0 Å². The number of halogens is 1. The summed E-state index contributed by atoms with van der Waals surface area (Å²) in [7, 11) is 0. The minimum absolute atomic E-state index is 0.0287. The normalized spacial score (nSPS) is 10.5. The quantitative estimate of drug-likeness (QED) is 0.435. The van der Waals surface area contributed by atoms with Crippen molar-refractivity contribution >= 4 is 17.5 Å². The zero-order valence-corrected chi connectivity index (χ0v) is 9.80. The van der Waals surface area contributed by atoms with Crippen LogP contribution in [0.3, 0.4) is 0 Å². The second-order valence-corrected chi connectivity index (χ2v) is 3.61. The monoisotopic (exact) mass is 237 g/mol. The number of carbonyl (C=O) groups is 1. The summed E-state index contributed by atoms with van der Waals surface area (Å²) in [5.74, 6) is 0.290. The van der Waals surface area contributed by atoms with Crippen molar-refractivity contribution in [2.45, 2.75) is 25.7 Å². The Morgan fingerprint density at radius 3 is 2.33 bits per heavy atom. The molecule has 0 aromatic heterocycles. The van der Waals surface area contributed by atoms with Crippen LogP contribution in [-0.4, -0.2) is 38.2 Å². The Labute approximate surface area is 96.1 Å². The van der Waals surface area contributed by atoms with Crippen molar-refractivity contribution in [2.24, 2.45) is 5.73 Å². The van der Waals surface area contributed by atoms with Crippen LogP contribution in [0.25, 0.3) is 0 Å². The largest absolute Gasteiger partial charge is 0.379 e. The van der Waals surface area contributed by atoms with Crippen LogP contribution >= 0.6 is 11.6 Å². The molecule has 0 fully saturated rings. The van der Waals surface area contributed by atoms with Crippen molar-refractivity contribution in [3.8, 4) is 0 Å². The van der Waals surface area contributed by atoms with E-state index in [9.17, 15) is 4.79 Å². The molecule has 0 radical (unpaired) electrons. The molecule has 0 spiro atoms. The number of primary amides is 1. The van der Waals surface area contributed by atoms with Gasteiger partial charge in [0.05, 0.1) is 13.2 Å². The molecule has 1 amide bonds. The van der Waals surface area contributed by atoms with Gasteiger partial charge in [-0.3, -0.25) is 4.79 Å². The molecular weight excluding hydrogens is 218 g/mol. The Morgan fingerprint density at radius 1 is 1.00 bits per heavy atom. The average Bonchev–Trinajstić information content (AvgIpc) is 2.20. The zero-order valence-electron chi connectivity index (χ0n) is 9.04. The first-order valence-electron chi connectivity index (χ1n) is 5.27. The van der Waals surface area contributed by atoms with Crippen molar-refractivity contribution in [3.63, 3.8) is 0 Å². The Morgan fingerprint density at radius 2 is 1.67 bits per heavy atom. The predicted molar refractivity (Wildman–Crippen MR) is 60.0 cm³/mol. The van der Waals surface area contributed by atoms with Gasteiger partial charge in [-0.05, 0) is 12.8 Å². The minimum atomic E-state index is -0.448. The predicted octanol–water partition coefficient (Wildman–Crippen LogP) is 1.30. The topological polar surface area (TPSA) is 61.6 Å². The number of hydrogen-bond acceptors (Lipinski definition) is 3. The Hall–Kier alpha value is -0.320. The first kappa shape index (κ1) is 14.7. The number of amides is 1. The molecule has 0 aromatic carbocycles. The van der Waals surface area contributed by atoms with Crippen molar-refractivity contribution < 1.29 is 14.3 Å². The summed E-state index contributed by atoms with van der Waals surface area (Å²) >= 11 is 5.54. The molecule has 0 aliphatic carbocycles. The van der Waals surface area contributed by atoms with Crippen LogP contribution in [-0.2, 0) is 14.3 Å². The van der Waals surface area contributed by atoms with Crippen molar-refractivity contribution in [2.75, 3.05) is 32.3 Å². The molecule has 5 heteroatoms. The lowest BCUT2D eigenvalue weighted by atomic mass is 10.2. The van der Waals surface area contributed by atoms with Crippen LogP contribution in [0.2, 0.25) is 0 Å². The molecule has 0 aromatic rings. The average molecular weight is 238 g/mol. The summed E-state index contributed by atoms with van der Waals surface area (Å²) in [6.07, 6.45) is 4.43. The highest BCUT2D eigenvalue weighted by molar-refractivity contribution is 6.17. The zero-order chi connectivity index (χ0) is 11.4. The van der Waals surface area contributed by atoms with Gasteiger partial charge in [-0.15, -0.1) is 11.6 Å². The van der Waals surface area contributed by atoms with E-state index in [1.165, 1.54) is 0 Å². The molecule has 0 heterocycles. The number of alkyl halides is 1. The number of ether oxygens (including phenoxy) is 2. The highest BCUT2D eigenvalue weighted by atomic mass is 35.5. The lowest BCUT2D eigenvalue weighted by Crippen LogP contribution is -2.19. The molecule has 2 N–H and O–H groups in total. The maximum absolute atomic E-state index is 10.3. The van der Waals surface area contributed by atoms with Gasteiger partial charge in [0.1, 0.15) is 6.61 Å². The summed E-state index contributed by atoms with van der Waals surface area (Å²) in [6, 6.07) is 0. The van der Waals surface area contributed by atoms with E-state index in [2.05, 4.69) is 0 Å². The molecule has 15 heavy (non-hydrogen) atoms. The molecule has 0 saturated carbocycles. The van der Waals surface area contributed by atoms with E-state index in [0.29, 0.717) is 13.2 Å². The second kappa shape index (κ2) is 11.8. The molecule has 0 aliphatic rings. The molecule has 0 atom stereocenters. The van der Waals surface area contributed by atoms with Crippen LogP contribution in [0.15, 0.2) is 0 Å². The third-order valence-electron chi connectivity index (χ3n) is 1.79. The number of unbranched alkanes of at least 4 members (excludes halogenated alkanes) is 3. The van der Waals surface area contributed by atoms with Gasteiger partial charge in [0.15, 0.2) is 0 Å².